The number of carbonyl (C=O) groups is 1. The van der Waals surface area contributed by atoms with Gasteiger partial charge in [-0.3, -0.25) is 4.90 Å². The van der Waals surface area contributed by atoms with Crippen LogP contribution in [0.1, 0.15) is 40.1 Å². The van der Waals surface area contributed by atoms with Crippen molar-refractivity contribution >= 4 is 35.1 Å². The number of thiophene rings is 1. The zero-order chi connectivity index (χ0) is 31.5. The van der Waals surface area contributed by atoms with Gasteiger partial charge in [-0.2, -0.15) is 13.9 Å². The number of halogens is 3. The summed E-state index contributed by atoms with van der Waals surface area (Å²) in [6.07, 6.45) is 2.31. The fourth-order valence-corrected chi connectivity index (χ4v) is 6.35. The Labute approximate surface area is 253 Å². The molecule has 16 heteroatoms. The third-order valence-electron chi connectivity index (χ3n) is 7.22. The second-order valence-electron chi connectivity index (χ2n) is 10.1. The Bertz CT molecular complexity index is 1490. The Hall–Kier alpha value is -3.47. The molecular formula is C27H30ClF2N5O7S. The van der Waals surface area contributed by atoms with Crippen LogP contribution in [0.25, 0.3) is 5.82 Å². The molecule has 232 valence electrons. The van der Waals surface area contributed by atoms with Crippen molar-refractivity contribution in [2.75, 3.05) is 19.7 Å². The summed E-state index contributed by atoms with van der Waals surface area (Å²) in [5, 5.41) is 50.1. The number of pyridine rings is 1. The summed E-state index contributed by atoms with van der Waals surface area (Å²) < 4.78 is 36.6. The number of nitrogens with zero attached hydrogens (tertiary/aromatic N) is 5. The molecule has 0 unspecified atom stereocenters. The van der Waals surface area contributed by atoms with E-state index in [1.165, 1.54) is 23.6 Å². The van der Waals surface area contributed by atoms with Crippen molar-refractivity contribution in [3.63, 3.8) is 0 Å². The molecule has 1 spiro atoms. The summed E-state index contributed by atoms with van der Waals surface area (Å²) in [6, 6.07) is 4.95. The molecule has 1 saturated heterocycles. The normalized spacial score (nSPS) is 18.9. The lowest BCUT2D eigenvalue weighted by molar-refractivity contribution is -0.182. The fraction of sp³-hybridized carbons (Fsp3) is 0.407. The maximum atomic E-state index is 14.4. The minimum absolute atomic E-state index is 0.0203. The Balaban J connectivity index is 0.000000365. The molecule has 5 N–H and O–H groups in total. The number of rotatable bonds is 7. The van der Waals surface area contributed by atoms with E-state index in [1.807, 2.05) is 13.1 Å². The van der Waals surface area contributed by atoms with Gasteiger partial charge in [-0.15, -0.1) is 11.3 Å². The number of aromatic nitrogens is 3. The van der Waals surface area contributed by atoms with E-state index < -0.39 is 42.1 Å². The number of hydrogen-bond acceptors (Lipinski definition) is 11. The molecule has 0 aliphatic carbocycles. The lowest BCUT2D eigenvalue weighted by Crippen LogP contribution is -2.48. The second kappa shape index (κ2) is 13.0. The highest BCUT2D eigenvalue weighted by molar-refractivity contribution is 7.16. The summed E-state index contributed by atoms with van der Waals surface area (Å²) in [6.45, 7) is 6.25. The van der Waals surface area contributed by atoms with Crippen LogP contribution < -0.4 is 0 Å². The highest BCUT2D eigenvalue weighted by atomic mass is 35.5. The molecule has 0 amide bonds. The smallest absolute Gasteiger partial charge is 0.335 e. The summed E-state index contributed by atoms with van der Waals surface area (Å²) in [5.41, 5.74) is 1.88. The lowest BCUT2D eigenvalue weighted by atomic mass is 9.84. The maximum Gasteiger partial charge on any atom is 0.335 e. The molecule has 3 aromatic rings. The van der Waals surface area contributed by atoms with Crippen molar-refractivity contribution in [2.45, 2.75) is 50.0 Å². The van der Waals surface area contributed by atoms with Gasteiger partial charge >= 0.3 is 5.97 Å². The van der Waals surface area contributed by atoms with Crippen LogP contribution in [0.5, 0.6) is 0 Å². The maximum absolute atomic E-state index is 14.4. The summed E-state index contributed by atoms with van der Waals surface area (Å²) in [5.74, 6) is -4.81. The Morgan fingerprint density at radius 2 is 2.00 bits per heavy atom. The minimum Gasteiger partial charge on any atom is -0.510 e. The number of hydrogen-bond donors (Lipinski definition) is 5. The average molecular weight is 642 g/mol. The van der Waals surface area contributed by atoms with E-state index >= 15 is 0 Å². The zero-order valence-corrected chi connectivity index (χ0v) is 24.5. The third kappa shape index (κ3) is 7.03. The Morgan fingerprint density at radius 3 is 2.60 bits per heavy atom. The summed E-state index contributed by atoms with van der Waals surface area (Å²) in [4.78, 5) is 17.1. The quantitative estimate of drug-likeness (QED) is 0.111. The molecule has 5 heterocycles. The molecule has 2 aliphatic heterocycles. The van der Waals surface area contributed by atoms with Crippen LogP contribution in [0.3, 0.4) is 0 Å². The van der Waals surface area contributed by atoms with E-state index in [0.717, 1.165) is 11.3 Å². The van der Waals surface area contributed by atoms with Crippen molar-refractivity contribution < 1.29 is 43.9 Å². The van der Waals surface area contributed by atoms with E-state index in [0.29, 0.717) is 53.1 Å². The average Bonchev–Trinajstić information content (AvgIpc) is 3.55. The number of carboxylic acid groups (broad SMARTS) is 1. The molecule has 43 heavy (non-hydrogen) atoms. The molecule has 0 bridgehead atoms. The van der Waals surface area contributed by atoms with Crippen LogP contribution in [-0.4, -0.2) is 89.4 Å². The van der Waals surface area contributed by atoms with E-state index in [1.54, 1.807) is 23.0 Å². The van der Waals surface area contributed by atoms with Gasteiger partial charge in [0.05, 0.1) is 16.2 Å². The summed E-state index contributed by atoms with van der Waals surface area (Å²) in [7, 11) is 0. The van der Waals surface area contributed by atoms with Crippen LogP contribution in [0.15, 0.2) is 48.1 Å². The van der Waals surface area contributed by atoms with Crippen LogP contribution >= 0.6 is 22.9 Å². The molecule has 0 radical (unpaired) electrons. The van der Waals surface area contributed by atoms with Crippen molar-refractivity contribution in [3.05, 3.63) is 74.5 Å². The van der Waals surface area contributed by atoms with Crippen LogP contribution in [0, 0.1) is 6.92 Å². The first kappa shape index (κ1) is 32.4. The van der Waals surface area contributed by atoms with Crippen molar-refractivity contribution in [1.29, 1.82) is 0 Å². The standard InChI is InChI=1S/C22H22ClF2N5O2S.C5H8O5/c1-14-16(12-30(28-14)20-15(10-27-31)3-2-6-26-20)11-29-7-4-21(5-8-29)19-17(9-18(23)33-19)22(24,25)13-32-21;1-2(6)3(7)4(8)5(9)10/h2-3,6,9-10,12,31H,4-5,7-8,11,13H2,1H3;3-4,6-8H,1H2,(H,9,10)/b27-10-;/t;3-,4+/m.0/s1. The van der Waals surface area contributed by atoms with Gasteiger partial charge < -0.3 is 30.4 Å². The third-order valence-corrected chi connectivity index (χ3v) is 8.67. The van der Waals surface area contributed by atoms with Crippen LogP contribution in [-0.2, 0) is 27.6 Å². The van der Waals surface area contributed by atoms with Gasteiger partial charge in [-0.1, -0.05) is 23.3 Å². The monoisotopic (exact) mass is 641 g/mol. The number of oxime groups is 1. The van der Waals surface area contributed by atoms with Gasteiger partial charge in [0.2, 0.25) is 0 Å². The largest absolute Gasteiger partial charge is 0.510 e. The number of aliphatic hydroxyl groups excluding tert-OH is 3. The first-order chi connectivity index (χ1) is 20.3. The molecule has 1 fully saturated rings. The second-order valence-corrected chi connectivity index (χ2v) is 11.8. The highest BCUT2D eigenvalue weighted by Crippen LogP contribution is 2.52. The number of piperidine rings is 1. The molecule has 0 aromatic carbocycles. The Morgan fingerprint density at radius 1 is 1.30 bits per heavy atom. The number of aliphatic hydroxyl groups is 3. The van der Waals surface area contributed by atoms with Crippen molar-refractivity contribution in [2.24, 2.45) is 5.16 Å². The highest BCUT2D eigenvalue weighted by Gasteiger charge is 2.51. The number of fused-ring (bicyclic) bond motifs is 2. The van der Waals surface area contributed by atoms with Crippen molar-refractivity contribution in [1.82, 2.24) is 19.7 Å². The summed E-state index contributed by atoms with van der Waals surface area (Å²) >= 11 is 7.31. The number of ether oxygens (including phenoxy) is 1. The van der Waals surface area contributed by atoms with Gasteiger partial charge in [-0.05, 0) is 38.0 Å². The van der Waals surface area contributed by atoms with Gasteiger partial charge in [-0.25, -0.2) is 14.5 Å². The SMILES string of the molecule is C=C(O)[C@H](O)[C@@H](O)C(=O)O.Cc1nn(-c2ncccc2/C=N\O)cc1CN1CCC2(CC1)OCC(F)(F)c1cc(Cl)sc12. The van der Waals surface area contributed by atoms with E-state index in [4.69, 9.17) is 42.0 Å². The number of alkyl halides is 2. The van der Waals surface area contributed by atoms with Gasteiger partial charge in [0, 0.05) is 53.6 Å². The van der Waals surface area contributed by atoms with Crippen LogP contribution in [0.2, 0.25) is 4.34 Å². The molecule has 2 atom stereocenters. The number of aryl methyl sites for hydroxylation is 1. The van der Waals surface area contributed by atoms with Gasteiger partial charge in [0.1, 0.15) is 24.1 Å². The van der Waals surface area contributed by atoms with Gasteiger partial charge in [0.25, 0.3) is 5.92 Å². The minimum atomic E-state index is -3.00. The number of likely N-dealkylation sites (tertiary alicyclic amines) is 1. The van der Waals surface area contributed by atoms with E-state index in [9.17, 15) is 13.6 Å². The molecule has 3 aromatic heterocycles. The van der Waals surface area contributed by atoms with Crippen molar-refractivity contribution in [3.8, 4) is 5.82 Å². The first-order valence-corrected chi connectivity index (χ1v) is 14.2. The molecule has 2 aliphatic rings. The number of aliphatic carboxylic acids is 1. The predicted molar refractivity (Wildman–Crippen MR) is 152 cm³/mol. The number of carboxylic acids is 1. The van der Waals surface area contributed by atoms with Crippen LogP contribution in [0.4, 0.5) is 8.78 Å². The first-order valence-electron chi connectivity index (χ1n) is 13.0. The molecular weight excluding hydrogens is 612 g/mol. The predicted octanol–water partition coefficient (Wildman–Crippen LogP) is 3.58. The molecule has 5 rings (SSSR count). The molecule has 0 saturated carbocycles. The van der Waals surface area contributed by atoms with E-state index in [2.05, 4.69) is 26.7 Å². The fourth-order valence-electron chi connectivity index (χ4n) is 4.87. The topological polar surface area (TPSA) is 174 Å². The van der Waals surface area contributed by atoms with Gasteiger partial charge in [0.15, 0.2) is 11.9 Å². The Kier molecular flexibility index (Phi) is 9.83. The van der Waals surface area contributed by atoms with E-state index in [-0.39, 0.29) is 5.56 Å². The lowest BCUT2D eigenvalue weighted by Gasteiger charge is -2.45. The molecule has 12 nitrogen and oxygen atoms in total. The zero-order valence-electron chi connectivity index (χ0n) is 22.9.